The summed E-state index contributed by atoms with van der Waals surface area (Å²) in [6, 6.07) is 63.3. The molecule has 7 aromatic carbocycles. The van der Waals surface area contributed by atoms with Crippen LogP contribution in [0.1, 0.15) is 55.6 Å². The first-order valence-electron chi connectivity index (χ1n) is 18.1. The molecule has 2 nitrogen and oxygen atoms in total. The third kappa shape index (κ3) is 8.93. The van der Waals surface area contributed by atoms with Crippen LogP contribution in [0.2, 0.25) is 0 Å². The van der Waals surface area contributed by atoms with E-state index in [1.165, 1.54) is 0 Å². The van der Waals surface area contributed by atoms with Crippen LogP contribution < -0.4 is 9.47 Å². The van der Waals surface area contributed by atoms with Gasteiger partial charge in [-0.2, -0.15) is 0 Å². The molecular weight excluding hydrogens is 657 g/mol. The molecule has 2 heteroatoms. The van der Waals surface area contributed by atoms with E-state index in [-0.39, 0.29) is 0 Å². The maximum atomic E-state index is 5.42. The molecule has 0 atom stereocenters. The molecule has 54 heavy (non-hydrogen) atoms. The summed E-state index contributed by atoms with van der Waals surface area (Å²) in [5.41, 5.74) is 13.8. The normalized spacial score (nSPS) is 12.0. The van der Waals surface area contributed by atoms with Crippen molar-refractivity contribution in [3.8, 4) is 11.5 Å². The molecule has 0 amide bonds. The standard InChI is InChI=1S/C52H42O2/c1-53-49-33-29-45(30-34-49)51(43-15-5-3-6-16-43)37-47-19-11-9-13-41(47)27-25-39-21-23-40(24-22-39)26-28-42-14-10-12-20-48(42)38-52(44-17-7-4-8-18-44)46-31-35-50(54-2)36-32-46/h3-38H,1-2H3/b27-25?,28-26?,51-37-,52-38-. The molecular formula is C52H42O2. The van der Waals surface area contributed by atoms with Crippen molar-refractivity contribution in [2.75, 3.05) is 14.2 Å². The van der Waals surface area contributed by atoms with Gasteiger partial charge in [-0.3, -0.25) is 0 Å². The van der Waals surface area contributed by atoms with Gasteiger partial charge in [0.1, 0.15) is 11.5 Å². The quantitative estimate of drug-likeness (QED) is 0.118. The summed E-state index contributed by atoms with van der Waals surface area (Å²) in [7, 11) is 3.39. The third-order valence-electron chi connectivity index (χ3n) is 9.41. The van der Waals surface area contributed by atoms with Gasteiger partial charge in [-0.25, -0.2) is 0 Å². The Hall–Kier alpha value is -6.90. The molecule has 0 saturated heterocycles. The first-order chi connectivity index (χ1) is 26.7. The van der Waals surface area contributed by atoms with Crippen molar-refractivity contribution in [3.05, 3.63) is 238 Å². The van der Waals surface area contributed by atoms with Crippen LogP contribution in [0.4, 0.5) is 0 Å². The molecule has 0 bridgehead atoms. The Morgan fingerprint density at radius 3 is 0.981 bits per heavy atom. The van der Waals surface area contributed by atoms with Crippen molar-refractivity contribution in [2.45, 2.75) is 0 Å². The minimum atomic E-state index is 0.844. The fourth-order valence-electron chi connectivity index (χ4n) is 6.43. The highest BCUT2D eigenvalue weighted by Gasteiger charge is 2.09. The monoisotopic (exact) mass is 698 g/mol. The topological polar surface area (TPSA) is 18.5 Å². The molecule has 0 unspecified atom stereocenters. The van der Waals surface area contributed by atoms with Crippen LogP contribution in [-0.4, -0.2) is 14.2 Å². The zero-order valence-corrected chi connectivity index (χ0v) is 30.6. The maximum absolute atomic E-state index is 5.42. The molecule has 0 aliphatic rings. The number of hydrogen-bond donors (Lipinski definition) is 0. The lowest BCUT2D eigenvalue weighted by Gasteiger charge is -2.11. The van der Waals surface area contributed by atoms with Crippen molar-refractivity contribution >= 4 is 47.6 Å². The lowest BCUT2D eigenvalue weighted by molar-refractivity contribution is 0.414. The Kier molecular flexibility index (Phi) is 11.5. The maximum Gasteiger partial charge on any atom is 0.118 e. The van der Waals surface area contributed by atoms with E-state index in [4.69, 9.17) is 9.47 Å². The van der Waals surface area contributed by atoms with Gasteiger partial charge in [-0.05, 0) is 103 Å². The van der Waals surface area contributed by atoms with Crippen LogP contribution in [0.25, 0.3) is 47.6 Å². The Bertz CT molecular complexity index is 2220. The van der Waals surface area contributed by atoms with Crippen LogP contribution in [0.15, 0.2) is 182 Å². The molecule has 0 fully saturated rings. The zero-order chi connectivity index (χ0) is 37.0. The SMILES string of the molecule is COc1ccc(/C(=C\c2ccccc2C=Cc2ccc(C=Cc3ccccc3/C=C(/c3ccccc3)c3ccc(OC)cc3)cc2)c2ccccc2)cc1. The minimum absolute atomic E-state index is 0.844. The lowest BCUT2D eigenvalue weighted by Crippen LogP contribution is -1.90. The Labute approximate surface area is 319 Å². The molecule has 0 N–H and O–H groups in total. The highest BCUT2D eigenvalue weighted by molar-refractivity contribution is 5.94. The van der Waals surface area contributed by atoms with E-state index >= 15 is 0 Å². The van der Waals surface area contributed by atoms with Gasteiger partial charge in [0, 0.05) is 0 Å². The van der Waals surface area contributed by atoms with Gasteiger partial charge in [-0.1, -0.05) is 182 Å². The van der Waals surface area contributed by atoms with Crippen molar-refractivity contribution in [3.63, 3.8) is 0 Å². The summed E-state index contributed by atoms with van der Waals surface area (Å²) >= 11 is 0. The molecule has 0 aliphatic carbocycles. The molecule has 0 spiro atoms. The summed E-state index contributed by atoms with van der Waals surface area (Å²) < 4.78 is 10.8. The van der Waals surface area contributed by atoms with E-state index in [1.807, 2.05) is 24.3 Å². The molecule has 0 radical (unpaired) electrons. The van der Waals surface area contributed by atoms with Gasteiger partial charge in [0.25, 0.3) is 0 Å². The Morgan fingerprint density at radius 1 is 0.315 bits per heavy atom. The largest absolute Gasteiger partial charge is 0.497 e. The second kappa shape index (κ2) is 17.5. The van der Waals surface area contributed by atoms with Gasteiger partial charge in [0.05, 0.1) is 14.2 Å². The van der Waals surface area contributed by atoms with Crippen LogP contribution in [-0.2, 0) is 0 Å². The van der Waals surface area contributed by atoms with E-state index in [9.17, 15) is 0 Å². The average molecular weight is 699 g/mol. The fourth-order valence-corrected chi connectivity index (χ4v) is 6.43. The van der Waals surface area contributed by atoms with E-state index in [0.29, 0.717) is 0 Å². The molecule has 262 valence electrons. The molecule has 0 saturated carbocycles. The fraction of sp³-hybridized carbons (Fsp3) is 0.0385. The van der Waals surface area contributed by atoms with E-state index in [0.717, 1.165) is 78.3 Å². The van der Waals surface area contributed by atoms with Gasteiger partial charge < -0.3 is 9.47 Å². The van der Waals surface area contributed by atoms with Crippen LogP contribution in [0, 0.1) is 0 Å². The minimum Gasteiger partial charge on any atom is -0.497 e. The molecule has 0 aromatic heterocycles. The van der Waals surface area contributed by atoms with Crippen LogP contribution >= 0.6 is 0 Å². The first kappa shape index (κ1) is 35.5. The lowest BCUT2D eigenvalue weighted by atomic mass is 9.94. The summed E-state index contributed by atoms with van der Waals surface area (Å²) in [5, 5.41) is 0. The number of ether oxygens (including phenoxy) is 2. The summed E-state index contributed by atoms with van der Waals surface area (Å²) in [5.74, 6) is 1.69. The number of benzene rings is 7. The third-order valence-corrected chi connectivity index (χ3v) is 9.41. The van der Waals surface area contributed by atoms with Crippen molar-refractivity contribution in [1.29, 1.82) is 0 Å². The Balaban J connectivity index is 1.12. The van der Waals surface area contributed by atoms with Crippen molar-refractivity contribution in [2.24, 2.45) is 0 Å². The van der Waals surface area contributed by atoms with Crippen LogP contribution in [0.5, 0.6) is 11.5 Å². The second-order valence-corrected chi connectivity index (χ2v) is 12.9. The van der Waals surface area contributed by atoms with E-state index in [2.05, 4.69) is 194 Å². The van der Waals surface area contributed by atoms with Gasteiger partial charge >= 0.3 is 0 Å². The predicted octanol–water partition coefficient (Wildman–Crippen LogP) is 13.2. The first-order valence-corrected chi connectivity index (χ1v) is 18.1. The van der Waals surface area contributed by atoms with E-state index in [1.54, 1.807) is 14.2 Å². The number of methoxy groups -OCH3 is 2. The zero-order valence-electron chi connectivity index (χ0n) is 30.6. The average Bonchev–Trinajstić information content (AvgIpc) is 3.25. The van der Waals surface area contributed by atoms with E-state index < -0.39 is 0 Å². The number of rotatable bonds is 12. The summed E-state index contributed by atoms with van der Waals surface area (Å²) in [6.07, 6.45) is 13.3. The Morgan fingerprint density at radius 2 is 0.630 bits per heavy atom. The highest BCUT2D eigenvalue weighted by atomic mass is 16.5. The second-order valence-electron chi connectivity index (χ2n) is 12.9. The van der Waals surface area contributed by atoms with Crippen molar-refractivity contribution in [1.82, 2.24) is 0 Å². The molecule has 7 rings (SSSR count). The highest BCUT2D eigenvalue weighted by Crippen LogP contribution is 2.31. The summed E-state index contributed by atoms with van der Waals surface area (Å²) in [4.78, 5) is 0. The number of hydrogen-bond acceptors (Lipinski definition) is 2. The van der Waals surface area contributed by atoms with Gasteiger partial charge in [0.2, 0.25) is 0 Å². The van der Waals surface area contributed by atoms with Crippen LogP contribution in [0.3, 0.4) is 0 Å². The molecule has 0 heterocycles. The van der Waals surface area contributed by atoms with Gasteiger partial charge in [-0.15, -0.1) is 0 Å². The summed E-state index contributed by atoms with van der Waals surface area (Å²) in [6.45, 7) is 0. The molecule has 7 aromatic rings. The van der Waals surface area contributed by atoms with Crippen molar-refractivity contribution < 1.29 is 9.47 Å². The predicted molar refractivity (Wildman–Crippen MR) is 230 cm³/mol. The van der Waals surface area contributed by atoms with Gasteiger partial charge in [0.15, 0.2) is 0 Å². The smallest absolute Gasteiger partial charge is 0.118 e. The molecule has 0 aliphatic heterocycles.